The van der Waals surface area contributed by atoms with Gasteiger partial charge in [0.25, 0.3) is 0 Å². The van der Waals surface area contributed by atoms with Crippen LogP contribution in [0.4, 0.5) is 4.39 Å². The lowest BCUT2D eigenvalue weighted by molar-refractivity contribution is 0.112. The summed E-state index contributed by atoms with van der Waals surface area (Å²) < 4.78 is 15.2. The van der Waals surface area contributed by atoms with E-state index in [2.05, 4.69) is 4.57 Å². The highest BCUT2D eigenvalue weighted by Gasteiger charge is 2.26. The number of hydrogen-bond donors (Lipinski definition) is 0. The third-order valence-corrected chi connectivity index (χ3v) is 5.12. The highest BCUT2D eigenvalue weighted by molar-refractivity contribution is 6.49. The van der Waals surface area contributed by atoms with Crippen LogP contribution < -0.4 is 0 Å². The zero-order chi connectivity index (χ0) is 17.3. The van der Waals surface area contributed by atoms with Crippen LogP contribution in [0, 0.1) is 25.6 Å². The molecule has 1 fully saturated rings. The highest BCUT2D eigenvalue weighted by Crippen LogP contribution is 2.36. The zero-order valence-corrected chi connectivity index (χ0v) is 14.7. The second kappa shape index (κ2) is 6.94. The van der Waals surface area contributed by atoms with Crippen LogP contribution in [0.25, 0.3) is 5.03 Å². The number of nitrogens with zero attached hydrogens (tertiary/aromatic N) is 1. The molecule has 1 aromatic carbocycles. The summed E-state index contributed by atoms with van der Waals surface area (Å²) in [5.41, 5.74) is 4.57. The monoisotopic (exact) mass is 345 g/mol. The lowest BCUT2D eigenvalue weighted by Gasteiger charge is -2.11. The second-order valence-electron chi connectivity index (χ2n) is 6.53. The quantitative estimate of drug-likeness (QED) is 0.652. The van der Waals surface area contributed by atoms with E-state index in [0.29, 0.717) is 22.9 Å². The van der Waals surface area contributed by atoms with E-state index < -0.39 is 0 Å². The van der Waals surface area contributed by atoms with E-state index in [4.69, 9.17) is 11.6 Å². The van der Waals surface area contributed by atoms with Gasteiger partial charge in [0.2, 0.25) is 0 Å². The van der Waals surface area contributed by atoms with Crippen LogP contribution in [-0.4, -0.2) is 10.9 Å². The summed E-state index contributed by atoms with van der Waals surface area (Å²) in [6.07, 6.45) is 5.88. The SMILES string of the molecule is Cc1c(C=O)c(C(Cl)=CCc2ccc(F)cc2)n(CC2CC2)c1C. The molecule has 2 aromatic rings. The van der Waals surface area contributed by atoms with Gasteiger partial charge in [-0.2, -0.15) is 0 Å². The number of rotatable bonds is 6. The number of carbonyl (C=O) groups excluding carboxylic acids is 1. The Balaban J connectivity index is 1.93. The third-order valence-electron chi connectivity index (χ3n) is 4.79. The molecule has 0 N–H and O–H groups in total. The smallest absolute Gasteiger partial charge is 0.152 e. The molecule has 4 heteroatoms. The van der Waals surface area contributed by atoms with Gasteiger partial charge in [0.05, 0.1) is 10.7 Å². The third kappa shape index (κ3) is 3.46. The fourth-order valence-corrected chi connectivity index (χ4v) is 3.28. The molecule has 0 bridgehead atoms. The summed E-state index contributed by atoms with van der Waals surface area (Å²) in [4.78, 5) is 11.6. The predicted molar refractivity (Wildman–Crippen MR) is 96.0 cm³/mol. The van der Waals surface area contributed by atoms with Crippen molar-refractivity contribution in [2.45, 2.75) is 39.7 Å². The van der Waals surface area contributed by atoms with Crippen molar-refractivity contribution in [3.8, 4) is 0 Å². The van der Waals surface area contributed by atoms with Crippen molar-refractivity contribution < 1.29 is 9.18 Å². The predicted octanol–water partition coefficient (Wildman–Crippen LogP) is 5.29. The number of carbonyl (C=O) groups is 1. The van der Waals surface area contributed by atoms with E-state index >= 15 is 0 Å². The van der Waals surface area contributed by atoms with Crippen molar-refractivity contribution in [3.05, 3.63) is 64.2 Å². The average molecular weight is 346 g/mol. The molecule has 0 unspecified atom stereocenters. The Morgan fingerprint density at radius 3 is 2.54 bits per heavy atom. The number of aromatic nitrogens is 1. The van der Waals surface area contributed by atoms with Gasteiger partial charge in [-0.25, -0.2) is 4.39 Å². The first-order valence-corrected chi connectivity index (χ1v) is 8.64. The number of benzene rings is 1. The molecule has 0 amide bonds. The fourth-order valence-electron chi connectivity index (χ4n) is 3.00. The molecule has 1 saturated carbocycles. The summed E-state index contributed by atoms with van der Waals surface area (Å²) in [5, 5.41) is 0.582. The summed E-state index contributed by atoms with van der Waals surface area (Å²) in [6, 6.07) is 6.38. The number of aldehydes is 1. The molecule has 2 nitrogen and oxygen atoms in total. The van der Waals surface area contributed by atoms with Gasteiger partial charge in [-0.15, -0.1) is 0 Å². The van der Waals surface area contributed by atoms with Crippen LogP contribution in [0.5, 0.6) is 0 Å². The minimum absolute atomic E-state index is 0.248. The normalized spacial score (nSPS) is 14.9. The number of allylic oxidation sites excluding steroid dienone is 1. The molecule has 1 heterocycles. The van der Waals surface area contributed by atoms with Crippen LogP contribution in [0.3, 0.4) is 0 Å². The molecule has 1 aliphatic rings. The van der Waals surface area contributed by atoms with Gasteiger partial charge >= 0.3 is 0 Å². The maximum absolute atomic E-state index is 13.0. The Morgan fingerprint density at radius 1 is 1.29 bits per heavy atom. The Hall–Kier alpha value is -1.87. The molecule has 126 valence electrons. The van der Waals surface area contributed by atoms with E-state index in [-0.39, 0.29) is 5.82 Å². The Kier molecular flexibility index (Phi) is 4.91. The second-order valence-corrected chi connectivity index (χ2v) is 6.93. The van der Waals surface area contributed by atoms with E-state index in [9.17, 15) is 9.18 Å². The highest BCUT2D eigenvalue weighted by atomic mass is 35.5. The van der Waals surface area contributed by atoms with Crippen molar-refractivity contribution in [1.29, 1.82) is 0 Å². The molecule has 1 aliphatic carbocycles. The summed E-state index contributed by atoms with van der Waals surface area (Å²) >= 11 is 6.57. The Morgan fingerprint density at radius 2 is 1.96 bits per heavy atom. The summed E-state index contributed by atoms with van der Waals surface area (Å²) in [7, 11) is 0. The van der Waals surface area contributed by atoms with Crippen LogP contribution in [0.1, 0.15) is 45.7 Å². The van der Waals surface area contributed by atoms with Crippen molar-refractivity contribution >= 4 is 22.9 Å². The molecule has 24 heavy (non-hydrogen) atoms. The van der Waals surface area contributed by atoms with Crippen LogP contribution in [0.2, 0.25) is 0 Å². The van der Waals surface area contributed by atoms with Crippen LogP contribution in [-0.2, 0) is 13.0 Å². The van der Waals surface area contributed by atoms with Crippen molar-refractivity contribution in [2.75, 3.05) is 0 Å². The minimum Gasteiger partial charge on any atom is -0.343 e. The van der Waals surface area contributed by atoms with Gasteiger partial charge in [-0.1, -0.05) is 29.8 Å². The first kappa shape index (κ1) is 17.0. The van der Waals surface area contributed by atoms with Gasteiger partial charge in [0.1, 0.15) is 5.82 Å². The molecule has 0 aliphatic heterocycles. The molecule has 1 aromatic heterocycles. The molecule has 0 spiro atoms. The lowest BCUT2D eigenvalue weighted by atomic mass is 10.1. The maximum atomic E-state index is 13.0. The summed E-state index contributed by atoms with van der Waals surface area (Å²) in [5.74, 6) is 0.442. The molecule has 0 saturated heterocycles. The van der Waals surface area contributed by atoms with Gasteiger partial charge < -0.3 is 4.57 Å². The molecule has 3 rings (SSSR count). The van der Waals surface area contributed by atoms with Crippen LogP contribution >= 0.6 is 11.6 Å². The van der Waals surface area contributed by atoms with Crippen molar-refractivity contribution in [1.82, 2.24) is 4.57 Å². The minimum atomic E-state index is -0.248. The molecule has 0 radical (unpaired) electrons. The van der Waals surface area contributed by atoms with E-state index in [0.717, 1.165) is 35.3 Å². The Bertz CT molecular complexity index is 785. The Labute approximate surface area is 146 Å². The number of halogens is 2. The first-order valence-electron chi connectivity index (χ1n) is 8.26. The fraction of sp³-hybridized carbons (Fsp3) is 0.350. The average Bonchev–Trinajstić information content (AvgIpc) is 3.36. The van der Waals surface area contributed by atoms with Gasteiger partial charge in [0.15, 0.2) is 6.29 Å². The largest absolute Gasteiger partial charge is 0.343 e. The maximum Gasteiger partial charge on any atom is 0.152 e. The van der Waals surface area contributed by atoms with E-state index in [1.54, 1.807) is 12.1 Å². The van der Waals surface area contributed by atoms with Gasteiger partial charge in [0, 0.05) is 17.8 Å². The first-order chi connectivity index (χ1) is 11.5. The van der Waals surface area contributed by atoms with Crippen LogP contribution in [0.15, 0.2) is 30.3 Å². The molecule has 0 atom stereocenters. The van der Waals surface area contributed by atoms with E-state index in [1.807, 2.05) is 19.9 Å². The number of hydrogen-bond acceptors (Lipinski definition) is 1. The molecular formula is C20H21ClFNO. The standard InChI is InChI=1S/C20H21ClFNO/c1-13-14(2)23(11-16-3-4-16)20(18(13)12-24)19(21)10-7-15-5-8-17(22)9-6-15/h5-6,8-10,12,16H,3-4,7,11H2,1-2H3. The van der Waals surface area contributed by atoms with E-state index in [1.165, 1.54) is 25.0 Å². The summed E-state index contributed by atoms with van der Waals surface area (Å²) in [6.45, 7) is 4.92. The lowest BCUT2D eigenvalue weighted by Crippen LogP contribution is -2.06. The zero-order valence-electron chi connectivity index (χ0n) is 14.0. The molecular weight excluding hydrogens is 325 g/mol. The topological polar surface area (TPSA) is 22.0 Å². The van der Waals surface area contributed by atoms with Crippen molar-refractivity contribution in [3.63, 3.8) is 0 Å². The van der Waals surface area contributed by atoms with Crippen molar-refractivity contribution in [2.24, 2.45) is 5.92 Å². The van der Waals surface area contributed by atoms with Gasteiger partial charge in [-0.05, 0) is 62.3 Å². The van der Waals surface area contributed by atoms with Gasteiger partial charge in [-0.3, -0.25) is 4.79 Å².